The van der Waals surface area contributed by atoms with E-state index in [9.17, 15) is 13.2 Å². The summed E-state index contributed by atoms with van der Waals surface area (Å²) < 4.78 is 35.5. The first kappa shape index (κ1) is 22.8. The number of aryl methyl sites for hydroxylation is 1. The van der Waals surface area contributed by atoms with Gasteiger partial charge in [-0.05, 0) is 57.5 Å². The van der Waals surface area contributed by atoms with Crippen molar-refractivity contribution in [3.63, 3.8) is 0 Å². The Hall–Kier alpha value is -2.91. The standard InChI is InChI=1S/C22H28N4O4S/c1-6-13-26-17-10-8-7-9-16(17)23-21(26)24-20(27)15-11-12-18(30-5)19(14-15)31(28,29)25-22(2,3)4/h7-12,14,25H,6,13H2,1-5H3,(H,23,24,27). The van der Waals surface area contributed by atoms with Crippen molar-refractivity contribution >= 4 is 32.9 Å². The van der Waals surface area contributed by atoms with Gasteiger partial charge >= 0.3 is 0 Å². The molecule has 1 amide bonds. The number of benzene rings is 2. The molecule has 0 aliphatic rings. The Balaban J connectivity index is 1.98. The van der Waals surface area contributed by atoms with Crippen LogP contribution in [0.3, 0.4) is 0 Å². The average Bonchev–Trinajstić information content (AvgIpc) is 3.03. The quantitative estimate of drug-likeness (QED) is 0.577. The van der Waals surface area contributed by atoms with Gasteiger partial charge in [-0.2, -0.15) is 0 Å². The molecule has 0 fully saturated rings. The number of anilines is 1. The van der Waals surface area contributed by atoms with Crippen LogP contribution in [0.1, 0.15) is 44.5 Å². The van der Waals surface area contributed by atoms with Crippen LogP contribution in [-0.4, -0.2) is 36.5 Å². The van der Waals surface area contributed by atoms with E-state index in [2.05, 4.69) is 15.0 Å². The zero-order valence-electron chi connectivity index (χ0n) is 18.4. The van der Waals surface area contributed by atoms with Crippen molar-refractivity contribution in [2.45, 2.75) is 51.1 Å². The molecule has 0 spiro atoms. The van der Waals surface area contributed by atoms with Gasteiger partial charge < -0.3 is 9.30 Å². The van der Waals surface area contributed by atoms with E-state index in [0.717, 1.165) is 17.5 Å². The number of carbonyl (C=O) groups is 1. The monoisotopic (exact) mass is 444 g/mol. The van der Waals surface area contributed by atoms with E-state index in [4.69, 9.17) is 4.74 Å². The molecule has 0 aliphatic carbocycles. The number of sulfonamides is 1. The van der Waals surface area contributed by atoms with Gasteiger partial charge in [0.15, 0.2) is 0 Å². The van der Waals surface area contributed by atoms with Crippen molar-refractivity contribution in [3.8, 4) is 5.75 Å². The number of fused-ring (bicyclic) bond motifs is 1. The van der Waals surface area contributed by atoms with Crippen molar-refractivity contribution < 1.29 is 17.9 Å². The second-order valence-electron chi connectivity index (χ2n) is 8.25. The molecule has 2 aromatic carbocycles. The molecular formula is C22H28N4O4S. The summed E-state index contributed by atoms with van der Waals surface area (Å²) in [6.07, 6.45) is 0.868. The third-order valence-electron chi connectivity index (χ3n) is 4.48. The third kappa shape index (κ3) is 5.05. The first-order chi connectivity index (χ1) is 14.6. The lowest BCUT2D eigenvalue weighted by Gasteiger charge is -2.21. The van der Waals surface area contributed by atoms with Gasteiger partial charge in [0, 0.05) is 17.6 Å². The highest BCUT2D eigenvalue weighted by atomic mass is 32.2. The highest BCUT2D eigenvalue weighted by Gasteiger charge is 2.26. The lowest BCUT2D eigenvalue weighted by Crippen LogP contribution is -2.40. The molecule has 0 saturated heterocycles. The van der Waals surface area contributed by atoms with Gasteiger partial charge in [-0.25, -0.2) is 18.1 Å². The second kappa shape index (κ2) is 8.68. The normalized spacial score (nSPS) is 12.2. The number of methoxy groups -OCH3 is 1. The average molecular weight is 445 g/mol. The SMILES string of the molecule is CCCn1c(NC(=O)c2ccc(OC)c(S(=O)(=O)NC(C)(C)C)c2)nc2ccccc21. The van der Waals surface area contributed by atoms with Crippen LogP contribution in [0.4, 0.5) is 5.95 Å². The molecule has 9 heteroatoms. The lowest BCUT2D eigenvalue weighted by atomic mass is 10.1. The molecule has 0 bridgehead atoms. The molecule has 0 atom stereocenters. The summed E-state index contributed by atoms with van der Waals surface area (Å²) in [5.41, 5.74) is 1.20. The molecule has 0 aliphatic heterocycles. The predicted molar refractivity (Wildman–Crippen MR) is 121 cm³/mol. The van der Waals surface area contributed by atoms with Crippen LogP contribution in [0, 0.1) is 0 Å². The van der Waals surface area contributed by atoms with Crippen molar-refractivity contribution in [1.29, 1.82) is 0 Å². The number of nitrogens with zero attached hydrogens (tertiary/aromatic N) is 2. The zero-order valence-corrected chi connectivity index (χ0v) is 19.2. The summed E-state index contributed by atoms with van der Waals surface area (Å²) in [6, 6.07) is 12.0. The van der Waals surface area contributed by atoms with Crippen LogP contribution < -0.4 is 14.8 Å². The maximum atomic E-state index is 13.0. The number of hydrogen-bond acceptors (Lipinski definition) is 5. The van der Waals surface area contributed by atoms with E-state index in [1.165, 1.54) is 25.3 Å². The lowest BCUT2D eigenvalue weighted by molar-refractivity contribution is 0.102. The third-order valence-corrected chi connectivity index (χ3v) is 6.26. The largest absolute Gasteiger partial charge is 0.495 e. The molecule has 1 aromatic heterocycles. The highest BCUT2D eigenvalue weighted by molar-refractivity contribution is 7.89. The van der Waals surface area contributed by atoms with Gasteiger partial charge in [0.25, 0.3) is 5.91 Å². The van der Waals surface area contributed by atoms with Crippen LogP contribution in [0.2, 0.25) is 0 Å². The second-order valence-corrected chi connectivity index (χ2v) is 9.90. The van der Waals surface area contributed by atoms with Crippen LogP contribution in [0.25, 0.3) is 11.0 Å². The first-order valence-corrected chi connectivity index (χ1v) is 11.5. The number of aromatic nitrogens is 2. The summed E-state index contributed by atoms with van der Waals surface area (Å²) >= 11 is 0. The fourth-order valence-corrected chi connectivity index (χ4v) is 4.90. The fraction of sp³-hybridized carbons (Fsp3) is 0.364. The number of imidazole rings is 1. The van der Waals surface area contributed by atoms with Crippen LogP contribution >= 0.6 is 0 Å². The van der Waals surface area contributed by atoms with Gasteiger partial charge in [-0.1, -0.05) is 19.1 Å². The maximum absolute atomic E-state index is 13.0. The molecule has 1 heterocycles. The van der Waals surface area contributed by atoms with Gasteiger partial charge in [0.2, 0.25) is 16.0 Å². The summed E-state index contributed by atoms with van der Waals surface area (Å²) in [7, 11) is -2.52. The Kier molecular flexibility index (Phi) is 6.38. The topological polar surface area (TPSA) is 102 Å². The Morgan fingerprint density at radius 1 is 1.16 bits per heavy atom. The van der Waals surface area contributed by atoms with Crippen LogP contribution in [0.15, 0.2) is 47.4 Å². The van der Waals surface area contributed by atoms with Gasteiger partial charge in [-0.15, -0.1) is 0 Å². The predicted octanol–water partition coefficient (Wildman–Crippen LogP) is 3.78. The highest BCUT2D eigenvalue weighted by Crippen LogP contribution is 2.27. The molecule has 0 saturated carbocycles. The number of hydrogen-bond donors (Lipinski definition) is 2. The molecule has 0 unspecified atom stereocenters. The minimum Gasteiger partial charge on any atom is -0.495 e. The summed E-state index contributed by atoms with van der Waals surface area (Å²) in [4.78, 5) is 17.4. The first-order valence-electron chi connectivity index (χ1n) is 10.0. The Labute approximate surface area is 182 Å². The Morgan fingerprint density at radius 2 is 1.87 bits per heavy atom. The van der Waals surface area contributed by atoms with E-state index in [0.29, 0.717) is 12.5 Å². The van der Waals surface area contributed by atoms with Gasteiger partial charge in [0.1, 0.15) is 10.6 Å². The smallest absolute Gasteiger partial charge is 0.258 e. The Morgan fingerprint density at radius 3 is 2.52 bits per heavy atom. The number of carbonyl (C=O) groups excluding carboxylic acids is 1. The van der Waals surface area contributed by atoms with E-state index in [-0.39, 0.29) is 16.2 Å². The maximum Gasteiger partial charge on any atom is 0.258 e. The number of para-hydroxylation sites is 2. The van der Waals surface area contributed by atoms with E-state index < -0.39 is 21.5 Å². The zero-order chi connectivity index (χ0) is 22.8. The van der Waals surface area contributed by atoms with E-state index in [1.807, 2.05) is 35.8 Å². The molecule has 166 valence electrons. The number of rotatable bonds is 7. The van der Waals surface area contributed by atoms with E-state index in [1.54, 1.807) is 20.8 Å². The molecule has 8 nitrogen and oxygen atoms in total. The van der Waals surface area contributed by atoms with Crippen molar-refractivity contribution in [2.75, 3.05) is 12.4 Å². The fourth-order valence-electron chi connectivity index (χ4n) is 3.28. The Bertz CT molecular complexity index is 1210. The molecule has 0 radical (unpaired) electrons. The summed E-state index contributed by atoms with van der Waals surface area (Å²) in [5.74, 6) is 0.120. The molecule has 2 N–H and O–H groups in total. The number of amides is 1. The van der Waals surface area contributed by atoms with Crippen molar-refractivity contribution in [3.05, 3.63) is 48.0 Å². The van der Waals surface area contributed by atoms with E-state index >= 15 is 0 Å². The number of nitrogens with one attached hydrogen (secondary N) is 2. The van der Waals surface area contributed by atoms with Gasteiger partial charge in [0.05, 0.1) is 18.1 Å². The summed E-state index contributed by atoms with van der Waals surface area (Å²) in [5, 5.41) is 2.82. The molecule has 3 rings (SSSR count). The van der Waals surface area contributed by atoms with Crippen LogP contribution in [0.5, 0.6) is 5.75 Å². The summed E-state index contributed by atoms with van der Waals surface area (Å²) in [6.45, 7) is 7.96. The van der Waals surface area contributed by atoms with Crippen LogP contribution in [-0.2, 0) is 16.6 Å². The molecule has 31 heavy (non-hydrogen) atoms. The minimum absolute atomic E-state index is 0.0976. The molecule has 3 aromatic rings. The number of ether oxygens (including phenoxy) is 1. The molecular weight excluding hydrogens is 416 g/mol. The van der Waals surface area contributed by atoms with Gasteiger partial charge in [-0.3, -0.25) is 10.1 Å². The van der Waals surface area contributed by atoms with Crippen molar-refractivity contribution in [2.24, 2.45) is 0 Å². The minimum atomic E-state index is -3.90. The van der Waals surface area contributed by atoms with Crippen molar-refractivity contribution in [1.82, 2.24) is 14.3 Å².